The zero-order chi connectivity index (χ0) is 22.2. The highest BCUT2D eigenvalue weighted by atomic mass is 16.6. The predicted octanol–water partition coefficient (Wildman–Crippen LogP) is 3.04. The molecule has 32 heavy (non-hydrogen) atoms. The molecule has 1 fully saturated rings. The van der Waals surface area contributed by atoms with Gasteiger partial charge in [0, 0.05) is 24.4 Å². The molecular weight excluding hydrogens is 414 g/mol. The summed E-state index contributed by atoms with van der Waals surface area (Å²) < 4.78 is 7.52. The van der Waals surface area contributed by atoms with E-state index in [4.69, 9.17) is 4.74 Å². The van der Waals surface area contributed by atoms with Gasteiger partial charge in [-0.1, -0.05) is 18.2 Å². The first-order valence-corrected chi connectivity index (χ1v) is 10.5. The number of hydrogen-bond donors (Lipinski definition) is 1. The highest BCUT2D eigenvalue weighted by molar-refractivity contribution is 6.05. The van der Waals surface area contributed by atoms with Crippen molar-refractivity contribution in [3.8, 4) is 0 Å². The van der Waals surface area contributed by atoms with Crippen molar-refractivity contribution in [2.24, 2.45) is 0 Å². The normalized spacial score (nSPS) is 20.0. The van der Waals surface area contributed by atoms with E-state index in [-0.39, 0.29) is 24.1 Å². The summed E-state index contributed by atoms with van der Waals surface area (Å²) >= 11 is 0. The molecule has 0 bridgehead atoms. The maximum Gasteiger partial charge on any atom is 0.271 e. The summed E-state index contributed by atoms with van der Waals surface area (Å²) in [6, 6.07) is 12.4. The molecule has 0 spiro atoms. The summed E-state index contributed by atoms with van der Waals surface area (Å²) in [6.07, 6.45) is 1.67. The number of nitrogens with zero attached hydrogens (tertiary/aromatic N) is 4. The molecule has 1 saturated heterocycles. The first-order valence-electron chi connectivity index (χ1n) is 10.5. The Balaban J connectivity index is 1.42. The Hall–Kier alpha value is -3.79. The molecule has 164 valence electrons. The third-order valence-electron chi connectivity index (χ3n) is 5.81. The van der Waals surface area contributed by atoms with Crippen LogP contribution in [0, 0.1) is 10.1 Å². The lowest BCUT2D eigenvalue weighted by atomic mass is 10.1. The number of amides is 2. The summed E-state index contributed by atoms with van der Waals surface area (Å²) in [4.78, 5) is 42.9. The van der Waals surface area contributed by atoms with Crippen LogP contribution in [0.3, 0.4) is 0 Å². The average Bonchev–Trinajstić information content (AvgIpc) is 3.48. The molecule has 10 heteroatoms. The molecule has 2 aromatic carbocycles. The number of nitro benzene ring substituents is 1. The minimum Gasteiger partial charge on any atom is -0.376 e. The van der Waals surface area contributed by atoms with Crippen LogP contribution in [0.2, 0.25) is 0 Å². The predicted molar refractivity (Wildman–Crippen MR) is 116 cm³/mol. The van der Waals surface area contributed by atoms with E-state index in [0.29, 0.717) is 24.8 Å². The summed E-state index contributed by atoms with van der Waals surface area (Å²) in [6.45, 7) is 1.07. The molecule has 1 N–H and O–H groups in total. The molecule has 3 heterocycles. The molecule has 0 saturated carbocycles. The first-order chi connectivity index (χ1) is 15.5. The number of non-ortho nitro benzene ring substituents is 1. The fourth-order valence-electron chi connectivity index (χ4n) is 4.35. The standard InChI is InChI=1S/C22H21N5O5/c28-20(23-14-5-3-6-15(11-14)27(30)31)12-19-21(29)25(13-16-7-4-10-32-16)22-24-17-8-1-2-9-18(17)26(19)22/h1-3,5-6,8-9,11,16,19H,4,7,10,12-13H2,(H,23,28)/t16-,19-/m1/s1. The zero-order valence-electron chi connectivity index (χ0n) is 17.1. The van der Waals surface area contributed by atoms with Gasteiger partial charge in [-0.2, -0.15) is 0 Å². The molecule has 2 aliphatic rings. The van der Waals surface area contributed by atoms with Gasteiger partial charge in [0.2, 0.25) is 11.9 Å². The highest BCUT2D eigenvalue weighted by Crippen LogP contribution is 2.37. The van der Waals surface area contributed by atoms with Crippen LogP contribution in [0.15, 0.2) is 48.5 Å². The number of fused-ring (bicyclic) bond motifs is 3. The summed E-state index contributed by atoms with van der Waals surface area (Å²) in [5, 5.41) is 13.7. The number of imidazole rings is 1. The largest absolute Gasteiger partial charge is 0.376 e. The molecule has 0 radical (unpaired) electrons. The number of para-hydroxylation sites is 2. The number of aromatic nitrogens is 2. The highest BCUT2D eigenvalue weighted by Gasteiger charge is 2.42. The Morgan fingerprint density at radius 3 is 2.88 bits per heavy atom. The number of carbonyl (C=O) groups is 2. The van der Waals surface area contributed by atoms with Gasteiger partial charge in [-0.05, 0) is 31.0 Å². The van der Waals surface area contributed by atoms with Gasteiger partial charge in [0.15, 0.2) is 0 Å². The second-order valence-electron chi connectivity index (χ2n) is 7.93. The van der Waals surface area contributed by atoms with E-state index in [2.05, 4.69) is 10.3 Å². The van der Waals surface area contributed by atoms with Crippen LogP contribution in [-0.4, -0.2) is 45.5 Å². The van der Waals surface area contributed by atoms with Crippen molar-refractivity contribution in [1.82, 2.24) is 9.55 Å². The van der Waals surface area contributed by atoms with Crippen molar-refractivity contribution in [3.05, 3.63) is 58.6 Å². The van der Waals surface area contributed by atoms with Gasteiger partial charge in [0.05, 0.1) is 35.0 Å². The number of rotatable bonds is 6. The first kappa shape index (κ1) is 20.1. The van der Waals surface area contributed by atoms with E-state index in [1.165, 1.54) is 18.2 Å². The number of anilines is 2. The molecule has 0 aliphatic carbocycles. The molecule has 10 nitrogen and oxygen atoms in total. The number of carbonyl (C=O) groups excluding carboxylic acids is 2. The molecule has 1 aromatic heterocycles. The summed E-state index contributed by atoms with van der Waals surface area (Å²) in [5.41, 5.74) is 1.71. The van der Waals surface area contributed by atoms with Gasteiger partial charge in [0.1, 0.15) is 6.04 Å². The van der Waals surface area contributed by atoms with Gasteiger partial charge in [-0.25, -0.2) is 4.98 Å². The quantitative estimate of drug-likeness (QED) is 0.469. The van der Waals surface area contributed by atoms with Crippen molar-refractivity contribution < 1.29 is 19.2 Å². The smallest absolute Gasteiger partial charge is 0.271 e. The number of ether oxygens (including phenoxy) is 1. The molecule has 5 rings (SSSR count). The summed E-state index contributed by atoms with van der Waals surface area (Å²) in [7, 11) is 0. The minimum atomic E-state index is -0.752. The van der Waals surface area contributed by atoms with E-state index in [1.807, 2.05) is 24.3 Å². The molecule has 2 amide bonds. The van der Waals surface area contributed by atoms with E-state index in [1.54, 1.807) is 15.5 Å². The van der Waals surface area contributed by atoms with Crippen LogP contribution in [0.25, 0.3) is 11.0 Å². The Kier molecular flexibility index (Phi) is 5.06. The fraction of sp³-hybridized carbons (Fsp3) is 0.318. The monoisotopic (exact) mass is 435 g/mol. The Labute approximate surface area is 182 Å². The van der Waals surface area contributed by atoms with Crippen molar-refractivity contribution >= 4 is 40.2 Å². The topological polar surface area (TPSA) is 120 Å². The zero-order valence-corrected chi connectivity index (χ0v) is 17.1. The van der Waals surface area contributed by atoms with Gasteiger partial charge < -0.3 is 10.1 Å². The lowest BCUT2D eigenvalue weighted by Crippen LogP contribution is -2.37. The van der Waals surface area contributed by atoms with E-state index in [9.17, 15) is 19.7 Å². The second-order valence-corrected chi connectivity index (χ2v) is 7.93. The van der Waals surface area contributed by atoms with Gasteiger partial charge in [-0.15, -0.1) is 0 Å². The SMILES string of the molecule is O=C(C[C@@H]1C(=O)N(C[C@H]2CCCO2)c2nc3ccccc3n21)Nc1cccc([N+](=O)[O-])c1. The minimum absolute atomic E-state index is 0.0512. The average molecular weight is 435 g/mol. The van der Waals surface area contributed by atoms with Crippen LogP contribution < -0.4 is 10.2 Å². The molecule has 3 aromatic rings. The van der Waals surface area contributed by atoms with Gasteiger partial charge in [-0.3, -0.25) is 29.2 Å². The maximum atomic E-state index is 13.3. The van der Waals surface area contributed by atoms with Crippen LogP contribution in [0.4, 0.5) is 17.3 Å². The Bertz CT molecular complexity index is 1220. The number of nitrogens with one attached hydrogen (secondary N) is 1. The van der Waals surface area contributed by atoms with E-state index in [0.717, 1.165) is 23.9 Å². The molecule has 0 unspecified atom stereocenters. The van der Waals surface area contributed by atoms with Crippen LogP contribution in [0.5, 0.6) is 0 Å². The lowest BCUT2D eigenvalue weighted by molar-refractivity contribution is -0.384. The van der Waals surface area contributed by atoms with Crippen molar-refractivity contribution in [2.45, 2.75) is 31.4 Å². The number of nitro groups is 1. The number of benzene rings is 2. The summed E-state index contributed by atoms with van der Waals surface area (Å²) in [5.74, 6) is -0.102. The third-order valence-corrected chi connectivity index (χ3v) is 5.81. The second kappa shape index (κ2) is 8.04. The third kappa shape index (κ3) is 3.58. The molecular formula is C22H21N5O5. The van der Waals surface area contributed by atoms with Crippen LogP contribution >= 0.6 is 0 Å². The van der Waals surface area contributed by atoms with Crippen molar-refractivity contribution in [2.75, 3.05) is 23.4 Å². The Morgan fingerprint density at radius 2 is 2.09 bits per heavy atom. The van der Waals surface area contributed by atoms with Gasteiger partial charge in [0.25, 0.3) is 11.6 Å². The van der Waals surface area contributed by atoms with Crippen molar-refractivity contribution in [3.63, 3.8) is 0 Å². The number of hydrogen-bond acceptors (Lipinski definition) is 6. The maximum absolute atomic E-state index is 13.3. The fourth-order valence-corrected chi connectivity index (χ4v) is 4.35. The van der Waals surface area contributed by atoms with Crippen molar-refractivity contribution in [1.29, 1.82) is 0 Å². The lowest BCUT2D eigenvalue weighted by Gasteiger charge is -2.19. The van der Waals surface area contributed by atoms with Crippen LogP contribution in [0.1, 0.15) is 25.3 Å². The Morgan fingerprint density at radius 1 is 1.25 bits per heavy atom. The van der Waals surface area contributed by atoms with Gasteiger partial charge >= 0.3 is 0 Å². The molecule has 2 aliphatic heterocycles. The molecule has 2 atom stereocenters. The van der Waals surface area contributed by atoms with E-state index < -0.39 is 16.9 Å². The van der Waals surface area contributed by atoms with E-state index >= 15 is 0 Å². The van der Waals surface area contributed by atoms with Crippen LogP contribution in [-0.2, 0) is 14.3 Å².